The van der Waals surface area contributed by atoms with Gasteiger partial charge >= 0.3 is 0 Å². The molecule has 0 radical (unpaired) electrons. The molecule has 2 aromatic carbocycles. The van der Waals surface area contributed by atoms with Gasteiger partial charge in [-0.05, 0) is 86.2 Å². The van der Waals surface area contributed by atoms with Crippen LogP contribution in [-0.4, -0.2) is 21.8 Å². The number of nitrogens with one attached hydrogen (secondary N) is 1. The molecule has 1 aliphatic rings. The second kappa shape index (κ2) is 8.91. The first kappa shape index (κ1) is 22.1. The van der Waals surface area contributed by atoms with Gasteiger partial charge in [0.25, 0.3) is 0 Å². The summed E-state index contributed by atoms with van der Waals surface area (Å²) in [7, 11) is 1.66. The maximum absolute atomic E-state index is 15.0. The van der Waals surface area contributed by atoms with E-state index in [0.717, 1.165) is 34.1 Å². The molecular weight excluding hydrogens is 447 g/mol. The average molecular weight is 473 g/mol. The zero-order chi connectivity index (χ0) is 23.8. The third-order valence-corrected chi connectivity index (χ3v) is 6.64. The lowest BCUT2D eigenvalue weighted by molar-refractivity contribution is 0.414. The largest absolute Gasteiger partial charge is 0.497 e. The Labute approximate surface area is 203 Å². The van der Waals surface area contributed by atoms with Crippen LogP contribution in [0.15, 0.2) is 79.0 Å². The summed E-state index contributed by atoms with van der Waals surface area (Å²) in [4.78, 5) is 6.47. The lowest BCUT2D eigenvalue weighted by Gasteiger charge is -2.28. The number of methoxy groups -OCH3 is 1. The molecule has 34 heavy (non-hydrogen) atoms. The van der Waals surface area contributed by atoms with Crippen molar-refractivity contribution in [2.45, 2.75) is 25.9 Å². The number of rotatable bonds is 5. The van der Waals surface area contributed by atoms with Gasteiger partial charge in [-0.3, -0.25) is 4.98 Å². The Morgan fingerprint density at radius 1 is 1.00 bits per heavy atom. The van der Waals surface area contributed by atoms with Crippen LogP contribution in [0.4, 0.5) is 10.1 Å². The van der Waals surface area contributed by atoms with Crippen molar-refractivity contribution in [2.75, 3.05) is 12.0 Å². The lowest BCUT2D eigenvalue weighted by Crippen LogP contribution is -2.30. The van der Waals surface area contributed by atoms with E-state index in [1.165, 1.54) is 6.07 Å². The molecule has 0 bridgehead atoms. The van der Waals surface area contributed by atoms with Gasteiger partial charge < -0.3 is 19.5 Å². The maximum atomic E-state index is 15.0. The van der Waals surface area contributed by atoms with E-state index in [1.54, 1.807) is 25.4 Å². The number of thiocarbonyl (C=S) groups is 1. The summed E-state index contributed by atoms with van der Waals surface area (Å²) in [6.45, 7) is 4.16. The standard InChI is InChI=1S/C27H25FN4OS/c1-17-16-21(18(2)31(17)19-11-13-20(33-3)14-12-19)26-25(23-9-6-7-15-29-23)30-27(34)32(26)24-10-5-4-8-22(24)28/h4-16,25-26H,1-3H3,(H,30,34). The molecular formula is C27H25FN4OS. The summed E-state index contributed by atoms with van der Waals surface area (Å²) >= 11 is 5.74. The van der Waals surface area contributed by atoms with Crippen molar-refractivity contribution in [1.29, 1.82) is 0 Å². The van der Waals surface area contributed by atoms with E-state index in [-0.39, 0.29) is 17.9 Å². The maximum Gasteiger partial charge on any atom is 0.174 e. The molecule has 0 aliphatic carbocycles. The van der Waals surface area contributed by atoms with E-state index in [4.69, 9.17) is 17.0 Å². The zero-order valence-electron chi connectivity index (χ0n) is 19.2. The van der Waals surface area contributed by atoms with E-state index in [1.807, 2.05) is 53.4 Å². The SMILES string of the molecule is COc1ccc(-n2c(C)cc(C3C(c4ccccn4)NC(=S)N3c3ccccc3F)c2C)cc1. The normalized spacial score (nSPS) is 17.6. The molecule has 5 rings (SSSR count). The molecule has 1 aliphatic heterocycles. The van der Waals surface area contributed by atoms with Crippen molar-refractivity contribution in [3.8, 4) is 11.4 Å². The predicted molar refractivity (Wildman–Crippen MR) is 136 cm³/mol. The van der Waals surface area contributed by atoms with Crippen LogP contribution >= 0.6 is 12.2 Å². The van der Waals surface area contributed by atoms with Gasteiger partial charge in [-0.1, -0.05) is 18.2 Å². The van der Waals surface area contributed by atoms with Crippen LogP contribution < -0.4 is 15.0 Å². The van der Waals surface area contributed by atoms with Crippen molar-refractivity contribution in [3.63, 3.8) is 0 Å². The second-order valence-corrected chi connectivity index (χ2v) is 8.69. The zero-order valence-corrected chi connectivity index (χ0v) is 20.0. The van der Waals surface area contributed by atoms with Crippen molar-refractivity contribution in [2.24, 2.45) is 0 Å². The van der Waals surface area contributed by atoms with E-state index in [2.05, 4.69) is 34.8 Å². The van der Waals surface area contributed by atoms with Gasteiger partial charge in [-0.2, -0.15) is 0 Å². The second-order valence-electron chi connectivity index (χ2n) is 8.31. The van der Waals surface area contributed by atoms with Gasteiger partial charge in [0.2, 0.25) is 0 Å². The summed E-state index contributed by atoms with van der Waals surface area (Å²) in [6, 6.07) is 22.1. The van der Waals surface area contributed by atoms with E-state index >= 15 is 0 Å². The minimum Gasteiger partial charge on any atom is -0.497 e. The number of benzene rings is 2. The summed E-state index contributed by atoms with van der Waals surface area (Å²) in [5.41, 5.74) is 5.51. The number of hydrogen-bond acceptors (Lipinski definition) is 3. The smallest absolute Gasteiger partial charge is 0.174 e. The number of para-hydroxylation sites is 1. The van der Waals surface area contributed by atoms with Gasteiger partial charge in [-0.25, -0.2) is 4.39 Å². The van der Waals surface area contributed by atoms with Crippen LogP contribution in [0.25, 0.3) is 5.69 Å². The Hall–Kier alpha value is -3.71. The Morgan fingerprint density at radius 2 is 1.74 bits per heavy atom. The topological polar surface area (TPSA) is 42.3 Å². The highest BCUT2D eigenvalue weighted by Gasteiger charge is 2.43. The number of pyridine rings is 1. The fourth-order valence-corrected chi connectivity index (χ4v) is 5.13. The summed E-state index contributed by atoms with van der Waals surface area (Å²) in [5, 5.41) is 3.88. The van der Waals surface area contributed by atoms with Crippen molar-refractivity contribution in [3.05, 3.63) is 107 Å². The molecule has 4 aromatic rings. The molecule has 3 heterocycles. The molecule has 0 saturated carbocycles. The molecule has 2 atom stereocenters. The Balaban J connectivity index is 1.67. The molecule has 1 saturated heterocycles. The minimum absolute atomic E-state index is 0.238. The Morgan fingerprint density at radius 3 is 2.41 bits per heavy atom. The molecule has 5 nitrogen and oxygen atoms in total. The molecule has 2 unspecified atom stereocenters. The summed E-state index contributed by atoms with van der Waals surface area (Å²) < 4.78 is 22.5. The number of halogens is 1. The molecule has 0 amide bonds. The molecule has 0 spiro atoms. The van der Waals surface area contributed by atoms with Crippen molar-refractivity contribution >= 4 is 23.0 Å². The van der Waals surface area contributed by atoms with Crippen molar-refractivity contribution in [1.82, 2.24) is 14.9 Å². The fraction of sp³-hybridized carbons (Fsp3) is 0.185. The summed E-state index contributed by atoms with van der Waals surface area (Å²) in [6.07, 6.45) is 1.77. The van der Waals surface area contributed by atoms with Crippen LogP contribution in [0.1, 0.15) is 34.7 Å². The van der Waals surface area contributed by atoms with Crippen LogP contribution in [0.3, 0.4) is 0 Å². The molecule has 7 heteroatoms. The molecule has 1 fully saturated rings. The van der Waals surface area contributed by atoms with E-state index in [0.29, 0.717) is 10.8 Å². The number of aryl methyl sites for hydroxylation is 1. The molecule has 172 valence electrons. The number of hydrogen-bond donors (Lipinski definition) is 1. The Bertz CT molecular complexity index is 1340. The number of aromatic nitrogens is 2. The third kappa shape index (κ3) is 3.72. The first-order valence-electron chi connectivity index (χ1n) is 11.1. The van der Waals surface area contributed by atoms with Crippen LogP contribution in [0, 0.1) is 19.7 Å². The van der Waals surface area contributed by atoms with Gasteiger partial charge in [0, 0.05) is 23.3 Å². The highest BCUT2D eigenvalue weighted by atomic mass is 32.1. The highest BCUT2D eigenvalue weighted by molar-refractivity contribution is 7.80. The van der Waals surface area contributed by atoms with Crippen LogP contribution in [0.2, 0.25) is 0 Å². The molecule has 1 N–H and O–H groups in total. The van der Waals surface area contributed by atoms with Gasteiger partial charge in [0.1, 0.15) is 11.6 Å². The van der Waals surface area contributed by atoms with Gasteiger partial charge in [0.15, 0.2) is 5.11 Å². The highest BCUT2D eigenvalue weighted by Crippen LogP contribution is 2.44. The van der Waals surface area contributed by atoms with Crippen molar-refractivity contribution < 1.29 is 9.13 Å². The number of anilines is 1. The third-order valence-electron chi connectivity index (χ3n) is 6.33. The quantitative estimate of drug-likeness (QED) is 0.371. The lowest BCUT2D eigenvalue weighted by atomic mass is 9.96. The summed E-state index contributed by atoms with van der Waals surface area (Å²) in [5.74, 6) is 0.486. The number of nitrogens with zero attached hydrogens (tertiary/aromatic N) is 3. The molecule has 2 aromatic heterocycles. The first-order valence-corrected chi connectivity index (χ1v) is 11.5. The number of ether oxygens (including phenoxy) is 1. The van der Waals surface area contributed by atoms with E-state index < -0.39 is 0 Å². The van der Waals surface area contributed by atoms with Gasteiger partial charge in [0.05, 0.1) is 30.6 Å². The Kier molecular flexibility index (Phi) is 5.79. The fourth-order valence-electron chi connectivity index (χ4n) is 4.79. The van der Waals surface area contributed by atoms with E-state index in [9.17, 15) is 4.39 Å². The van der Waals surface area contributed by atoms with Crippen LogP contribution in [0.5, 0.6) is 5.75 Å². The predicted octanol–water partition coefficient (Wildman–Crippen LogP) is 5.81. The first-order chi connectivity index (χ1) is 16.5. The average Bonchev–Trinajstić information content (AvgIpc) is 3.35. The minimum atomic E-state index is -0.317. The van der Waals surface area contributed by atoms with Gasteiger partial charge in [-0.15, -0.1) is 0 Å². The van der Waals surface area contributed by atoms with Crippen LogP contribution in [-0.2, 0) is 0 Å². The monoisotopic (exact) mass is 472 g/mol.